The lowest BCUT2D eigenvalue weighted by molar-refractivity contribution is 0.795. The number of nitrogens with zero attached hydrogens (tertiary/aromatic N) is 4. The highest BCUT2D eigenvalue weighted by Crippen LogP contribution is 2.43. The maximum Gasteiger partial charge on any atom is 0.164 e. The van der Waals surface area contributed by atoms with E-state index < -0.39 is 0 Å². The molecule has 0 saturated carbocycles. The van der Waals surface area contributed by atoms with Crippen molar-refractivity contribution in [3.8, 4) is 39.9 Å². The van der Waals surface area contributed by atoms with Gasteiger partial charge in [-0.25, -0.2) is 15.0 Å². The summed E-state index contributed by atoms with van der Waals surface area (Å²) < 4.78 is 5.04. The Morgan fingerprint density at radius 2 is 1.00 bits per heavy atom. The molecule has 6 aromatic carbocycles. The molecule has 5 heteroatoms. The second-order valence-corrected chi connectivity index (χ2v) is 14.8. The SMILES string of the molecule is CCCCc1ccc(-c2nc(-c3ccc(CCCC)cc3)nc(-c3ccc(-n4c5ccccc5c5ccc6sc7ccccc7c6c54)cc3)n2)cc1. The van der Waals surface area contributed by atoms with E-state index in [4.69, 9.17) is 15.0 Å². The highest BCUT2D eigenvalue weighted by molar-refractivity contribution is 7.26. The lowest BCUT2D eigenvalue weighted by atomic mass is 10.1. The van der Waals surface area contributed by atoms with Gasteiger partial charge in [0.2, 0.25) is 0 Å². The topological polar surface area (TPSA) is 43.6 Å². The van der Waals surface area contributed by atoms with E-state index in [0.29, 0.717) is 17.5 Å². The number of benzene rings is 6. The molecule has 254 valence electrons. The number of aromatic nitrogens is 4. The van der Waals surface area contributed by atoms with Crippen molar-refractivity contribution in [2.24, 2.45) is 0 Å². The molecule has 0 aliphatic heterocycles. The van der Waals surface area contributed by atoms with Gasteiger partial charge >= 0.3 is 0 Å². The number of rotatable bonds is 10. The maximum atomic E-state index is 5.08. The van der Waals surface area contributed by atoms with Crippen molar-refractivity contribution < 1.29 is 0 Å². The van der Waals surface area contributed by atoms with Crippen LogP contribution in [-0.2, 0) is 12.8 Å². The third kappa shape index (κ3) is 5.85. The van der Waals surface area contributed by atoms with E-state index in [-0.39, 0.29) is 0 Å². The highest BCUT2D eigenvalue weighted by Gasteiger charge is 2.19. The standard InChI is InChI=1S/C47H40N4S/c1-3-5-11-31-17-21-33(22-18-31)45-48-46(34-23-19-32(20-24-34)12-6-4-2)50-47(49-45)35-25-27-36(28-26-35)51-40-15-9-7-13-37(40)38-29-30-42-43(44(38)51)39-14-8-10-16-41(39)52-42/h7-10,13-30H,3-6,11-12H2,1-2H3. The van der Waals surface area contributed by atoms with Gasteiger partial charge in [-0.05, 0) is 79.3 Å². The minimum absolute atomic E-state index is 0.671. The van der Waals surface area contributed by atoms with Gasteiger partial charge in [-0.3, -0.25) is 0 Å². The number of hydrogen-bond donors (Lipinski definition) is 0. The smallest absolute Gasteiger partial charge is 0.164 e. The lowest BCUT2D eigenvalue weighted by Gasteiger charge is -2.12. The number of fused-ring (bicyclic) bond motifs is 7. The van der Waals surface area contributed by atoms with Crippen LogP contribution >= 0.6 is 11.3 Å². The predicted octanol–water partition coefficient (Wildman–Crippen LogP) is 13.0. The third-order valence-corrected chi connectivity index (χ3v) is 11.4. The average Bonchev–Trinajstić information content (AvgIpc) is 3.75. The Labute approximate surface area is 308 Å². The summed E-state index contributed by atoms with van der Waals surface area (Å²) in [7, 11) is 0. The summed E-state index contributed by atoms with van der Waals surface area (Å²) in [5, 5.41) is 5.14. The molecule has 0 N–H and O–H groups in total. The van der Waals surface area contributed by atoms with E-state index >= 15 is 0 Å². The van der Waals surface area contributed by atoms with E-state index in [1.54, 1.807) is 0 Å². The van der Waals surface area contributed by atoms with Gasteiger partial charge in [0.15, 0.2) is 17.5 Å². The van der Waals surface area contributed by atoms with Crippen LogP contribution in [0.2, 0.25) is 0 Å². The molecule has 52 heavy (non-hydrogen) atoms. The molecule has 0 atom stereocenters. The van der Waals surface area contributed by atoms with Crippen LogP contribution in [0.3, 0.4) is 0 Å². The zero-order chi connectivity index (χ0) is 35.0. The molecule has 0 bridgehead atoms. The first-order valence-electron chi connectivity index (χ1n) is 18.6. The lowest BCUT2D eigenvalue weighted by Crippen LogP contribution is -2.01. The summed E-state index contributed by atoms with van der Waals surface area (Å²) in [5.74, 6) is 2.05. The second-order valence-electron chi connectivity index (χ2n) is 13.7. The Morgan fingerprint density at radius 3 is 1.58 bits per heavy atom. The van der Waals surface area contributed by atoms with Crippen molar-refractivity contribution in [3.63, 3.8) is 0 Å². The van der Waals surface area contributed by atoms with Crippen molar-refractivity contribution in [3.05, 3.63) is 145 Å². The van der Waals surface area contributed by atoms with E-state index in [2.05, 4.69) is 152 Å². The molecule has 9 rings (SSSR count). The van der Waals surface area contributed by atoms with E-state index in [0.717, 1.165) is 35.2 Å². The molecule has 3 heterocycles. The Kier molecular flexibility index (Phi) is 8.57. The quantitative estimate of drug-likeness (QED) is 0.143. The molecule has 9 aromatic rings. The molecule has 0 amide bonds. The van der Waals surface area contributed by atoms with Crippen molar-refractivity contribution in [1.29, 1.82) is 0 Å². The summed E-state index contributed by atoms with van der Waals surface area (Å²) in [4.78, 5) is 15.2. The first-order chi connectivity index (χ1) is 25.7. The fourth-order valence-electron chi connectivity index (χ4n) is 7.46. The Morgan fingerprint density at radius 1 is 0.481 bits per heavy atom. The minimum Gasteiger partial charge on any atom is -0.309 e. The minimum atomic E-state index is 0.671. The van der Waals surface area contributed by atoms with E-state index in [9.17, 15) is 0 Å². The molecule has 0 aliphatic carbocycles. The Balaban J connectivity index is 1.17. The van der Waals surface area contributed by atoms with Crippen LogP contribution in [0.5, 0.6) is 0 Å². The van der Waals surface area contributed by atoms with E-state index in [1.165, 1.54) is 78.8 Å². The molecular weight excluding hydrogens is 653 g/mol. The zero-order valence-electron chi connectivity index (χ0n) is 29.6. The van der Waals surface area contributed by atoms with Gasteiger partial charge in [-0.1, -0.05) is 118 Å². The maximum absolute atomic E-state index is 5.08. The molecular formula is C47H40N4S. The van der Waals surface area contributed by atoms with Crippen LogP contribution in [0.1, 0.15) is 50.7 Å². The monoisotopic (exact) mass is 692 g/mol. The van der Waals surface area contributed by atoms with Crippen LogP contribution in [-0.4, -0.2) is 19.5 Å². The summed E-state index contributed by atoms with van der Waals surface area (Å²) >= 11 is 1.86. The van der Waals surface area contributed by atoms with Gasteiger partial charge in [0.1, 0.15) is 0 Å². The van der Waals surface area contributed by atoms with Crippen molar-refractivity contribution in [2.45, 2.75) is 52.4 Å². The van der Waals surface area contributed by atoms with Crippen LogP contribution in [0.25, 0.3) is 81.8 Å². The molecule has 4 nitrogen and oxygen atoms in total. The van der Waals surface area contributed by atoms with E-state index in [1.807, 2.05) is 11.3 Å². The molecule has 0 unspecified atom stereocenters. The molecule has 3 aromatic heterocycles. The second kappa shape index (κ2) is 13.8. The Bertz CT molecular complexity index is 2610. The van der Waals surface area contributed by atoms with Crippen molar-refractivity contribution >= 4 is 53.3 Å². The molecule has 0 spiro atoms. The number of aryl methyl sites for hydroxylation is 2. The number of para-hydroxylation sites is 1. The molecule has 0 aliphatic rings. The van der Waals surface area contributed by atoms with Crippen LogP contribution in [0.15, 0.2) is 133 Å². The first-order valence-corrected chi connectivity index (χ1v) is 19.4. The fraction of sp³-hybridized carbons (Fsp3) is 0.170. The highest BCUT2D eigenvalue weighted by atomic mass is 32.1. The first kappa shape index (κ1) is 32.3. The molecule has 0 saturated heterocycles. The van der Waals surface area contributed by atoms with Crippen LogP contribution < -0.4 is 0 Å². The van der Waals surface area contributed by atoms with Crippen LogP contribution in [0.4, 0.5) is 0 Å². The van der Waals surface area contributed by atoms with Gasteiger partial charge in [-0.2, -0.15) is 0 Å². The Hall–Kier alpha value is -5.65. The predicted molar refractivity (Wildman–Crippen MR) is 221 cm³/mol. The summed E-state index contributed by atoms with van der Waals surface area (Å²) in [6.07, 6.45) is 6.91. The fourth-order valence-corrected chi connectivity index (χ4v) is 8.57. The summed E-state index contributed by atoms with van der Waals surface area (Å²) in [5.41, 5.74) is 9.20. The largest absolute Gasteiger partial charge is 0.309 e. The van der Waals surface area contributed by atoms with Gasteiger partial charge in [0.25, 0.3) is 0 Å². The summed E-state index contributed by atoms with van der Waals surface area (Å²) in [6.45, 7) is 4.47. The molecule has 0 fully saturated rings. The van der Waals surface area contributed by atoms with Crippen molar-refractivity contribution in [2.75, 3.05) is 0 Å². The normalized spacial score (nSPS) is 11.7. The van der Waals surface area contributed by atoms with Crippen LogP contribution in [0, 0.1) is 0 Å². The van der Waals surface area contributed by atoms with Crippen molar-refractivity contribution in [1.82, 2.24) is 19.5 Å². The number of unbranched alkanes of at least 4 members (excludes halogenated alkanes) is 2. The summed E-state index contributed by atoms with van der Waals surface area (Å²) in [6, 6.07) is 48.3. The zero-order valence-corrected chi connectivity index (χ0v) is 30.5. The van der Waals surface area contributed by atoms with Gasteiger partial charge in [0, 0.05) is 53.3 Å². The van der Waals surface area contributed by atoms with Gasteiger partial charge < -0.3 is 4.57 Å². The van der Waals surface area contributed by atoms with Gasteiger partial charge in [0.05, 0.1) is 11.0 Å². The van der Waals surface area contributed by atoms with Gasteiger partial charge in [-0.15, -0.1) is 11.3 Å². The third-order valence-electron chi connectivity index (χ3n) is 10.3. The molecule has 0 radical (unpaired) electrons. The number of hydrogen-bond acceptors (Lipinski definition) is 4. The number of thiophene rings is 1. The average molecular weight is 693 g/mol.